The van der Waals surface area contributed by atoms with E-state index in [1.807, 2.05) is 25.1 Å². The molecule has 0 bridgehead atoms. The van der Waals surface area contributed by atoms with Crippen LogP contribution in [0.25, 0.3) is 0 Å². The number of hydrogen-bond donors (Lipinski definition) is 1. The summed E-state index contributed by atoms with van der Waals surface area (Å²) in [6.07, 6.45) is 4.19. The maximum Gasteiger partial charge on any atom is 0.252 e. The third-order valence-electron chi connectivity index (χ3n) is 2.54. The highest BCUT2D eigenvalue weighted by atomic mass is 16.3. The van der Waals surface area contributed by atoms with Crippen LogP contribution in [0.2, 0.25) is 0 Å². The van der Waals surface area contributed by atoms with E-state index in [0.29, 0.717) is 5.82 Å². The zero-order chi connectivity index (χ0) is 12.8. The van der Waals surface area contributed by atoms with E-state index in [4.69, 9.17) is 0 Å². The quantitative estimate of drug-likeness (QED) is 0.647. The number of nitrogens with zero attached hydrogens (tertiary/aromatic N) is 3. The molecule has 2 aromatic rings. The van der Waals surface area contributed by atoms with E-state index in [1.54, 1.807) is 24.5 Å². The van der Waals surface area contributed by atoms with Gasteiger partial charge in [0.1, 0.15) is 4.87 Å². The predicted octanol–water partition coefficient (Wildman–Crippen LogP) is 2.34. The highest BCUT2D eigenvalue weighted by Crippen LogP contribution is 2.08. The molecule has 0 aliphatic heterocycles. The van der Waals surface area contributed by atoms with Crippen LogP contribution in [0.3, 0.4) is 0 Å². The Hall–Kier alpha value is -2.30. The predicted molar refractivity (Wildman–Crippen MR) is 68.8 cm³/mol. The molecule has 0 aliphatic carbocycles. The fourth-order valence-corrected chi connectivity index (χ4v) is 1.68. The lowest BCUT2D eigenvalue weighted by Gasteiger charge is -2.01. The molecule has 0 aromatic carbocycles. The summed E-state index contributed by atoms with van der Waals surface area (Å²) in [5.41, 5.74) is 4.56. The van der Waals surface area contributed by atoms with Crippen molar-refractivity contribution in [3.8, 4) is 0 Å². The van der Waals surface area contributed by atoms with E-state index < -0.39 is 0 Å². The highest BCUT2D eigenvalue weighted by Gasteiger charge is 2.14. The first-order chi connectivity index (χ1) is 8.79. The molecule has 0 aliphatic rings. The molecule has 2 rings (SSSR count). The van der Waals surface area contributed by atoms with Gasteiger partial charge < -0.3 is 0 Å². The van der Waals surface area contributed by atoms with Gasteiger partial charge in [-0.3, -0.25) is 4.98 Å². The van der Waals surface area contributed by atoms with Crippen LogP contribution in [0, 0.1) is 4.91 Å². The molecule has 5 nitrogen and oxygen atoms in total. The van der Waals surface area contributed by atoms with E-state index in [2.05, 4.69) is 15.4 Å². The summed E-state index contributed by atoms with van der Waals surface area (Å²) in [6.45, 7) is 2.26. The maximum atomic E-state index is 11.8. The second-order valence-corrected chi connectivity index (χ2v) is 3.83. The number of hydrazine groups is 1. The molecular weight excluding hydrogens is 228 g/mol. The second kappa shape index (κ2) is 5.86. The van der Waals surface area contributed by atoms with Crippen molar-refractivity contribution in [2.24, 2.45) is 0 Å². The van der Waals surface area contributed by atoms with Crippen LogP contribution in [0.15, 0.2) is 42.7 Å². The van der Waals surface area contributed by atoms with Gasteiger partial charge in [0.05, 0.1) is 4.91 Å². The van der Waals surface area contributed by atoms with Crippen molar-refractivity contribution in [2.45, 2.75) is 19.9 Å². The normalized spacial score (nSPS) is 10.1. The van der Waals surface area contributed by atoms with Crippen molar-refractivity contribution in [1.29, 1.82) is 0 Å². The summed E-state index contributed by atoms with van der Waals surface area (Å²) in [5.74, 6) is 0.537. The summed E-state index contributed by atoms with van der Waals surface area (Å²) in [6, 6.07) is 9.12. The lowest BCUT2D eigenvalue weighted by molar-refractivity contribution is -0.534. The van der Waals surface area contributed by atoms with E-state index in [-0.39, 0.29) is 6.54 Å². The van der Waals surface area contributed by atoms with Crippen molar-refractivity contribution in [3.63, 3.8) is 0 Å². The molecule has 92 valence electrons. The Labute approximate surface area is 105 Å². The van der Waals surface area contributed by atoms with Crippen LogP contribution in [0.5, 0.6) is 0 Å². The minimum absolute atomic E-state index is 0.244. The zero-order valence-electron chi connectivity index (χ0n) is 10.2. The minimum atomic E-state index is 0.244. The van der Waals surface area contributed by atoms with Gasteiger partial charge in [0.2, 0.25) is 0 Å². The Morgan fingerprint density at radius 2 is 2.00 bits per heavy atom. The Balaban J connectivity index is 2.03. The van der Waals surface area contributed by atoms with Crippen molar-refractivity contribution in [2.75, 3.05) is 5.43 Å². The molecule has 1 N–H and O–H groups in total. The Bertz CT molecular complexity index is 528. The Morgan fingerprint density at radius 3 is 2.72 bits per heavy atom. The summed E-state index contributed by atoms with van der Waals surface area (Å²) in [4.78, 5) is 20.8. The molecule has 2 heterocycles. The molecule has 0 amide bonds. The van der Waals surface area contributed by atoms with Crippen LogP contribution in [-0.4, -0.2) is 14.8 Å². The first-order valence-corrected chi connectivity index (χ1v) is 5.84. The van der Waals surface area contributed by atoms with Gasteiger partial charge in [0.15, 0.2) is 5.82 Å². The molecule has 0 atom stereocenters. The number of anilines is 1. The number of nitroso groups, excluding NO2 is 1. The van der Waals surface area contributed by atoms with Crippen molar-refractivity contribution in [1.82, 2.24) is 9.97 Å². The molecule has 18 heavy (non-hydrogen) atoms. The number of pyridine rings is 2. The van der Waals surface area contributed by atoms with E-state index in [9.17, 15) is 4.91 Å². The fourth-order valence-electron chi connectivity index (χ4n) is 1.68. The van der Waals surface area contributed by atoms with Crippen molar-refractivity contribution < 1.29 is 4.87 Å². The molecule has 0 radical (unpaired) electrons. The summed E-state index contributed by atoms with van der Waals surface area (Å²) < 4.78 is 0. The van der Waals surface area contributed by atoms with Gasteiger partial charge in [-0.05, 0) is 30.7 Å². The first kappa shape index (κ1) is 12.2. The molecule has 5 heteroatoms. The van der Waals surface area contributed by atoms with Gasteiger partial charge in [-0.25, -0.2) is 4.98 Å². The monoisotopic (exact) mass is 243 g/mol. The molecule has 0 saturated carbocycles. The maximum absolute atomic E-state index is 11.8. The average molecular weight is 243 g/mol. The van der Waals surface area contributed by atoms with Crippen LogP contribution in [0.1, 0.15) is 18.2 Å². The molecule has 0 fully saturated rings. The van der Waals surface area contributed by atoms with Crippen LogP contribution in [0.4, 0.5) is 5.82 Å². The molecule has 0 spiro atoms. The number of aryl methyl sites for hydroxylation is 1. The second-order valence-electron chi connectivity index (χ2n) is 3.83. The van der Waals surface area contributed by atoms with Crippen LogP contribution in [-0.2, 0) is 13.0 Å². The third-order valence-corrected chi connectivity index (χ3v) is 2.54. The van der Waals surface area contributed by atoms with Gasteiger partial charge in [-0.1, -0.05) is 13.0 Å². The number of rotatable bonds is 5. The van der Waals surface area contributed by atoms with Crippen LogP contribution < -0.4 is 5.43 Å². The smallest absolute Gasteiger partial charge is 0.252 e. The highest BCUT2D eigenvalue weighted by molar-refractivity contribution is 5.29. The van der Waals surface area contributed by atoms with Gasteiger partial charge in [0, 0.05) is 23.7 Å². The molecular formula is C13H15N4O+. The standard InChI is InChI=1S/C13H15N4O/c1-2-12-11(6-5-9-14-12)10-17(18)16-13-7-3-4-8-15-13/h3-9H,2,10H2,1H3,(H,15,16,18)/q+1. The molecule has 2 aromatic heterocycles. The van der Waals surface area contributed by atoms with E-state index in [0.717, 1.165) is 22.5 Å². The van der Waals surface area contributed by atoms with Crippen molar-refractivity contribution >= 4 is 5.82 Å². The molecule has 0 unspecified atom stereocenters. The summed E-state index contributed by atoms with van der Waals surface area (Å²) >= 11 is 0. The number of nitrogens with one attached hydrogen (secondary N) is 1. The van der Waals surface area contributed by atoms with Gasteiger partial charge in [0.25, 0.3) is 6.54 Å². The van der Waals surface area contributed by atoms with Gasteiger partial charge in [-0.15, -0.1) is 5.43 Å². The average Bonchev–Trinajstić information content (AvgIpc) is 2.40. The first-order valence-electron chi connectivity index (χ1n) is 5.84. The zero-order valence-corrected chi connectivity index (χ0v) is 10.2. The number of hydrogen-bond acceptors (Lipinski definition) is 3. The lowest BCUT2D eigenvalue weighted by Crippen LogP contribution is -2.17. The topological polar surface area (TPSA) is 57.9 Å². The Kier molecular flexibility index (Phi) is 3.96. The lowest BCUT2D eigenvalue weighted by atomic mass is 10.1. The summed E-state index contributed by atoms with van der Waals surface area (Å²) in [7, 11) is 0. The van der Waals surface area contributed by atoms with E-state index in [1.165, 1.54) is 0 Å². The SMILES string of the molecule is CCc1ncccc1C[N+](=O)Nc1ccccn1. The molecule has 0 saturated heterocycles. The van der Waals surface area contributed by atoms with E-state index >= 15 is 0 Å². The summed E-state index contributed by atoms with van der Waals surface area (Å²) in [5, 5.41) is 0. The van der Waals surface area contributed by atoms with Crippen molar-refractivity contribution in [3.05, 3.63) is 58.9 Å². The fraction of sp³-hybridized carbons (Fsp3) is 0.231. The minimum Gasteiger partial charge on any atom is -0.261 e. The van der Waals surface area contributed by atoms with Crippen LogP contribution >= 0.6 is 0 Å². The largest absolute Gasteiger partial charge is 0.261 e. The van der Waals surface area contributed by atoms with Gasteiger partial charge >= 0.3 is 0 Å². The number of aromatic nitrogens is 2. The Morgan fingerprint density at radius 1 is 1.17 bits per heavy atom. The van der Waals surface area contributed by atoms with Gasteiger partial charge in [-0.2, -0.15) is 0 Å². The third kappa shape index (κ3) is 3.10.